The van der Waals surface area contributed by atoms with Crippen LogP contribution in [0.1, 0.15) is 20.3 Å². The number of rotatable bonds is 6. The molecular weight excluding hydrogens is 278 g/mol. The summed E-state index contributed by atoms with van der Waals surface area (Å²) < 4.78 is 0. The van der Waals surface area contributed by atoms with Crippen molar-refractivity contribution in [2.24, 2.45) is 5.92 Å². The molecule has 0 heterocycles. The van der Waals surface area contributed by atoms with Crippen LogP contribution in [0.4, 0.5) is 16.2 Å². The normalized spacial score (nSPS) is 13.0. The summed E-state index contributed by atoms with van der Waals surface area (Å²) in [5, 5.41) is 24.4. The number of carboxylic acids is 1. The minimum atomic E-state index is -1.11. The zero-order chi connectivity index (χ0) is 16.0. The molecule has 114 valence electrons. The molecule has 1 unspecified atom stereocenters. The lowest BCUT2D eigenvalue weighted by molar-refractivity contribution is -0.384. The number of nitro benzene ring substituents is 1. The highest BCUT2D eigenvalue weighted by molar-refractivity contribution is 5.92. The van der Waals surface area contributed by atoms with Gasteiger partial charge in [-0.25, -0.2) is 9.59 Å². The van der Waals surface area contributed by atoms with E-state index in [1.165, 1.54) is 24.3 Å². The lowest BCUT2D eigenvalue weighted by atomic mass is 9.99. The highest BCUT2D eigenvalue weighted by Crippen LogP contribution is 2.15. The molecule has 0 saturated heterocycles. The Hall–Kier alpha value is -2.64. The van der Waals surface area contributed by atoms with Crippen LogP contribution in [-0.2, 0) is 4.79 Å². The predicted molar refractivity (Wildman–Crippen MR) is 76.1 cm³/mol. The van der Waals surface area contributed by atoms with Crippen LogP contribution in [0, 0.1) is 16.0 Å². The SMILES string of the molecule is CCC(C)[C@H](NC(=O)Nc1ccc([N+](=O)[O-])cc1)C(=O)O. The van der Waals surface area contributed by atoms with Crippen molar-refractivity contribution in [3.63, 3.8) is 0 Å². The van der Waals surface area contributed by atoms with Crippen LogP contribution in [0.5, 0.6) is 0 Å². The Morgan fingerprint density at radius 1 is 1.33 bits per heavy atom. The van der Waals surface area contributed by atoms with E-state index in [2.05, 4.69) is 10.6 Å². The molecule has 0 aliphatic heterocycles. The van der Waals surface area contributed by atoms with Gasteiger partial charge in [-0.2, -0.15) is 0 Å². The van der Waals surface area contributed by atoms with Crippen LogP contribution in [0.25, 0.3) is 0 Å². The second kappa shape index (κ2) is 7.22. The minimum absolute atomic E-state index is 0.0935. The van der Waals surface area contributed by atoms with Gasteiger partial charge in [-0.1, -0.05) is 20.3 Å². The number of carboxylic acid groups (broad SMARTS) is 1. The minimum Gasteiger partial charge on any atom is -0.480 e. The molecule has 0 bridgehead atoms. The van der Waals surface area contributed by atoms with Gasteiger partial charge in [-0.15, -0.1) is 0 Å². The first-order valence-corrected chi connectivity index (χ1v) is 6.40. The molecule has 2 amide bonds. The number of nitrogens with one attached hydrogen (secondary N) is 2. The molecule has 8 heteroatoms. The molecular formula is C13H17N3O5. The smallest absolute Gasteiger partial charge is 0.326 e. The van der Waals surface area contributed by atoms with Crippen molar-refractivity contribution in [2.75, 3.05) is 5.32 Å². The molecule has 0 radical (unpaired) electrons. The number of carbonyl (C=O) groups excluding carboxylic acids is 1. The molecule has 2 atom stereocenters. The number of hydrogen-bond donors (Lipinski definition) is 3. The van der Waals surface area contributed by atoms with E-state index in [-0.39, 0.29) is 11.6 Å². The van der Waals surface area contributed by atoms with Crippen molar-refractivity contribution >= 4 is 23.4 Å². The Labute approximate surface area is 121 Å². The quantitative estimate of drug-likeness (QED) is 0.548. The van der Waals surface area contributed by atoms with Crippen molar-refractivity contribution in [3.8, 4) is 0 Å². The molecule has 0 saturated carbocycles. The van der Waals surface area contributed by atoms with E-state index >= 15 is 0 Å². The molecule has 1 aromatic carbocycles. The maximum atomic E-state index is 11.7. The van der Waals surface area contributed by atoms with Gasteiger partial charge in [-0.3, -0.25) is 10.1 Å². The number of nitro groups is 1. The molecule has 0 fully saturated rings. The van der Waals surface area contributed by atoms with Crippen LogP contribution in [0.2, 0.25) is 0 Å². The van der Waals surface area contributed by atoms with Gasteiger partial charge in [-0.05, 0) is 18.1 Å². The van der Waals surface area contributed by atoms with Crippen molar-refractivity contribution in [3.05, 3.63) is 34.4 Å². The van der Waals surface area contributed by atoms with Gasteiger partial charge < -0.3 is 15.7 Å². The van der Waals surface area contributed by atoms with Crippen molar-refractivity contribution in [2.45, 2.75) is 26.3 Å². The van der Waals surface area contributed by atoms with Crippen LogP contribution >= 0.6 is 0 Å². The van der Waals surface area contributed by atoms with E-state index in [9.17, 15) is 19.7 Å². The van der Waals surface area contributed by atoms with E-state index in [0.717, 1.165) is 0 Å². The average Bonchev–Trinajstić information content (AvgIpc) is 2.44. The van der Waals surface area contributed by atoms with Gasteiger partial charge in [0, 0.05) is 17.8 Å². The van der Waals surface area contributed by atoms with Gasteiger partial charge in [0.2, 0.25) is 0 Å². The second-order valence-electron chi connectivity index (χ2n) is 4.60. The van der Waals surface area contributed by atoms with Crippen LogP contribution in [0.15, 0.2) is 24.3 Å². The molecule has 0 aliphatic carbocycles. The van der Waals surface area contributed by atoms with E-state index in [4.69, 9.17) is 5.11 Å². The van der Waals surface area contributed by atoms with Gasteiger partial charge in [0.05, 0.1) is 4.92 Å². The molecule has 0 aliphatic rings. The van der Waals surface area contributed by atoms with Crippen LogP contribution in [0.3, 0.4) is 0 Å². The fourth-order valence-electron chi connectivity index (χ4n) is 1.66. The number of hydrogen-bond acceptors (Lipinski definition) is 4. The van der Waals surface area contributed by atoms with Crippen molar-refractivity contribution < 1.29 is 19.6 Å². The first-order chi connectivity index (χ1) is 9.85. The van der Waals surface area contributed by atoms with Gasteiger partial charge in [0.1, 0.15) is 6.04 Å². The molecule has 1 aromatic rings. The number of benzene rings is 1. The highest BCUT2D eigenvalue weighted by Gasteiger charge is 2.25. The first kappa shape index (κ1) is 16.4. The lowest BCUT2D eigenvalue weighted by Gasteiger charge is -2.20. The largest absolute Gasteiger partial charge is 0.480 e. The number of carbonyl (C=O) groups is 2. The molecule has 21 heavy (non-hydrogen) atoms. The van der Waals surface area contributed by atoms with Crippen molar-refractivity contribution in [1.29, 1.82) is 0 Å². The number of nitrogens with zero attached hydrogens (tertiary/aromatic N) is 1. The van der Waals surface area contributed by atoms with Gasteiger partial charge >= 0.3 is 12.0 Å². The molecule has 0 aromatic heterocycles. The third-order valence-electron chi connectivity index (χ3n) is 3.10. The number of amides is 2. The third-order valence-corrected chi connectivity index (χ3v) is 3.10. The Morgan fingerprint density at radius 2 is 1.90 bits per heavy atom. The van der Waals surface area contributed by atoms with Crippen molar-refractivity contribution in [1.82, 2.24) is 5.32 Å². The standard InChI is InChI=1S/C13H17N3O5/c1-3-8(2)11(12(17)18)15-13(19)14-9-4-6-10(7-5-9)16(20)21/h4-8,11H,3H2,1-2H3,(H,17,18)(H2,14,15,19)/t8?,11-/m0/s1. The summed E-state index contributed by atoms with van der Waals surface area (Å²) in [5.74, 6) is -1.33. The van der Waals surface area contributed by atoms with E-state index in [1.807, 2.05) is 6.92 Å². The molecule has 1 rings (SSSR count). The summed E-state index contributed by atoms with van der Waals surface area (Å²) in [5.41, 5.74) is 0.246. The first-order valence-electron chi connectivity index (χ1n) is 6.40. The second-order valence-corrected chi connectivity index (χ2v) is 4.60. The van der Waals surface area contributed by atoms with E-state index in [1.54, 1.807) is 6.92 Å². The summed E-state index contributed by atoms with van der Waals surface area (Å²) in [6.07, 6.45) is 0.606. The third kappa shape index (κ3) is 4.75. The zero-order valence-corrected chi connectivity index (χ0v) is 11.7. The Morgan fingerprint density at radius 3 is 2.33 bits per heavy atom. The van der Waals surface area contributed by atoms with Crippen LogP contribution in [-0.4, -0.2) is 28.1 Å². The zero-order valence-electron chi connectivity index (χ0n) is 11.7. The monoisotopic (exact) mass is 295 g/mol. The topological polar surface area (TPSA) is 122 Å². The fourth-order valence-corrected chi connectivity index (χ4v) is 1.66. The summed E-state index contributed by atoms with van der Waals surface area (Å²) in [6.45, 7) is 3.56. The summed E-state index contributed by atoms with van der Waals surface area (Å²) in [7, 11) is 0. The summed E-state index contributed by atoms with van der Waals surface area (Å²) in [6, 6.07) is 3.58. The number of anilines is 1. The Kier molecular flexibility index (Phi) is 5.65. The summed E-state index contributed by atoms with van der Waals surface area (Å²) >= 11 is 0. The van der Waals surface area contributed by atoms with E-state index in [0.29, 0.717) is 12.1 Å². The summed E-state index contributed by atoms with van der Waals surface area (Å²) in [4.78, 5) is 32.8. The maximum Gasteiger partial charge on any atom is 0.326 e. The Bertz CT molecular complexity index is 529. The number of aliphatic carboxylic acids is 1. The molecule has 3 N–H and O–H groups in total. The highest BCUT2D eigenvalue weighted by atomic mass is 16.6. The fraction of sp³-hybridized carbons (Fsp3) is 0.385. The Balaban J connectivity index is 2.67. The number of non-ortho nitro benzene ring substituents is 1. The van der Waals surface area contributed by atoms with E-state index < -0.39 is 23.0 Å². The predicted octanol–water partition coefficient (Wildman–Crippen LogP) is 2.22. The van der Waals surface area contributed by atoms with Crippen LogP contribution < -0.4 is 10.6 Å². The lowest BCUT2D eigenvalue weighted by Crippen LogP contribution is -2.46. The van der Waals surface area contributed by atoms with Gasteiger partial charge in [0.25, 0.3) is 5.69 Å². The average molecular weight is 295 g/mol. The molecule has 0 spiro atoms. The maximum absolute atomic E-state index is 11.7. The number of urea groups is 1. The van der Waals surface area contributed by atoms with Gasteiger partial charge in [0.15, 0.2) is 0 Å². The molecule has 8 nitrogen and oxygen atoms in total.